The van der Waals surface area contributed by atoms with E-state index in [4.69, 9.17) is 9.47 Å². The van der Waals surface area contributed by atoms with E-state index < -0.39 is 5.41 Å². The quantitative estimate of drug-likeness (QED) is 0.663. The summed E-state index contributed by atoms with van der Waals surface area (Å²) in [5, 5.41) is 0. The van der Waals surface area contributed by atoms with E-state index in [0.29, 0.717) is 32.1 Å². The minimum absolute atomic E-state index is 0.103. The summed E-state index contributed by atoms with van der Waals surface area (Å²) in [7, 11) is 1.67. The molecule has 2 aromatic rings. The Morgan fingerprint density at radius 3 is 2.85 bits per heavy atom. The summed E-state index contributed by atoms with van der Waals surface area (Å²) in [4.78, 5) is 23.7. The molecule has 3 heterocycles. The summed E-state index contributed by atoms with van der Waals surface area (Å²) in [6.45, 7) is 5.18. The third-order valence-corrected chi connectivity index (χ3v) is 5.14. The van der Waals surface area contributed by atoms with Gasteiger partial charge in [-0.2, -0.15) is 0 Å². The Hall–Kier alpha value is -2.25. The molecule has 1 aliphatic rings. The molecule has 0 spiro atoms. The van der Waals surface area contributed by atoms with Crippen LogP contribution in [-0.2, 0) is 20.8 Å². The second-order valence-electron chi connectivity index (χ2n) is 6.98. The normalized spacial score (nSPS) is 20.5. The molecule has 0 unspecified atom stereocenters. The van der Waals surface area contributed by atoms with Crippen LogP contribution < -0.4 is 0 Å². The summed E-state index contributed by atoms with van der Waals surface area (Å²) in [6.07, 6.45) is 7.94. The highest BCUT2D eigenvalue weighted by Crippen LogP contribution is 2.35. The Balaban J connectivity index is 1.76. The highest BCUT2D eigenvalue weighted by Gasteiger charge is 2.43. The number of carbonyl (C=O) groups excluding carboxylic acids is 1. The van der Waals surface area contributed by atoms with Crippen LogP contribution in [0.4, 0.5) is 0 Å². The molecule has 0 bridgehead atoms. The van der Waals surface area contributed by atoms with Gasteiger partial charge in [0.25, 0.3) is 0 Å². The molecule has 3 rings (SSSR count). The zero-order chi connectivity index (χ0) is 19.1. The predicted molar refractivity (Wildman–Crippen MR) is 101 cm³/mol. The zero-order valence-corrected chi connectivity index (χ0v) is 16.1. The van der Waals surface area contributed by atoms with Crippen LogP contribution in [-0.4, -0.2) is 58.8 Å². The Bertz CT molecular complexity index is 734. The molecule has 0 aliphatic carbocycles. The van der Waals surface area contributed by atoms with Crippen molar-refractivity contribution in [3.05, 3.63) is 42.5 Å². The van der Waals surface area contributed by atoms with Crippen molar-refractivity contribution in [1.29, 1.82) is 0 Å². The largest absolute Gasteiger partial charge is 0.466 e. The number of ether oxygens (including phenoxy) is 2. The minimum atomic E-state index is -0.495. The fourth-order valence-electron chi connectivity index (χ4n) is 3.80. The Kier molecular flexibility index (Phi) is 6.58. The van der Waals surface area contributed by atoms with Gasteiger partial charge < -0.3 is 9.47 Å². The van der Waals surface area contributed by atoms with Gasteiger partial charge in [-0.3, -0.25) is 14.3 Å². The molecule has 0 saturated carbocycles. The molecule has 1 saturated heterocycles. The topological polar surface area (TPSA) is 69.5 Å². The lowest BCUT2D eigenvalue weighted by atomic mass is 9.77. The molecule has 0 radical (unpaired) electrons. The van der Waals surface area contributed by atoms with E-state index in [9.17, 15) is 4.79 Å². The van der Waals surface area contributed by atoms with E-state index in [1.807, 2.05) is 23.8 Å². The van der Waals surface area contributed by atoms with Crippen molar-refractivity contribution in [2.24, 2.45) is 5.41 Å². The maximum absolute atomic E-state index is 12.7. The van der Waals surface area contributed by atoms with Crippen molar-refractivity contribution < 1.29 is 14.3 Å². The molecular weight excluding hydrogens is 344 g/mol. The summed E-state index contributed by atoms with van der Waals surface area (Å²) in [5.74, 6) is 0.555. The lowest BCUT2D eigenvalue weighted by Crippen LogP contribution is -2.49. The first-order valence-corrected chi connectivity index (χ1v) is 9.50. The van der Waals surface area contributed by atoms with E-state index in [0.717, 1.165) is 31.6 Å². The van der Waals surface area contributed by atoms with Crippen LogP contribution in [0.2, 0.25) is 0 Å². The fraction of sp³-hybridized carbons (Fsp3) is 0.550. The lowest BCUT2D eigenvalue weighted by molar-refractivity contribution is -0.160. The Morgan fingerprint density at radius 1 is 1.30 bits per heavy atom. The zero-order valence-electron chi connectivity index (χ0n) is 16.1. The van der Waals surface area contributed by atoms with Crippen LogP contribution in [0.15, 0.2) is 36.8 Å². The van der Waals surface area contributed by atoms with E-state index in [1.54, 1.807) is 25.6 Å². The number of hydrogen-bond donors (Lipinski definition) is 0. The number of nitrogens with zero attached hydrogens (tertiary/aromatic N) is 4. The maximum atomic E-state index is 12.7. The smallest absolute Gasteiger partial charge is 0.313 e. The van der Waals surface area contributed by atoms with Crippen molar-refractivity contribution >= 4 is 5.97 Å². The number of esters is 1. The molecular formula is C20H28N4O3. The number of methoxy groups -OCH3 is 1. The SMILES string of the molecule is CCOC(=O)[C@@]1(CCOC)CCCN(Cc2cccn2-c2ncccn2)C1. The van der Waals surface area contributed by atoms with Crippen molar-refractivity contribution in [2.45, 2.75) is 32.7 Å². The summed E-state index contributed by atoms with van der Waals surface area (Å²) < 4.78 is 12.7. The van der Waals surface area contributed by atoms with Gasteiger partial charge in [0.2, 0.25) is 5.95 Å². The molecule has 1 fully saturated rings. The number of hydrogen-bond acceptors (Lipinski definition) is 6. The first-order valence-electron chi connectivity index (χ1n) is 9.50. The molecule has 2 aromatic heterocycles. The van der Waals surface area contributed by atoms with E-state index in [2.05, 4.69) is 20.9 Å². The average molecular weight is 372 g/mol. The highest BCUT2D eigenvalue weighted by atomic mass is 16.5. The van der Waals surface area contributed by atoms with Crippen LogP contribution in [0.3, 0.4) is 0 Å². The fourth-order valence-corrected chi connectivity index (χ4v) is 3.80. The van der Waals surface area contributed by atoms with Gasteiger partial charge in [0, 0.05) is 51.1 Å². The molecule has 0 aromatic carbocycles. The van der Waals surface area contributed by atoms with E-state index in [-0.39, 0.29) is 5.97 Å². The third kappa shape index (κ3) is 4.54. The number of piperidine rings is 1. The van der Waals surface area contributed by atoms with Crippen LogP contribution in [0.25, 0.3) is 5.95 Å². The molecule has 0 N–H and O–H groups in total. The van der Waals surface area contributed by atoms with Gasteiger partial charge in [-0.15, -0.1) is 0 Å². The average Bonchev–Trinajstić information content (AvgIpc) is 3.15. The van der Waals surface area contributed by atoms with Gasteiger partial charge in [0.1, 0.15) is 0 Å². The van der Waals surface area contributed by atoms with Crippen LogP contribution in [0, 0.1) is 5.41 Å². The molecule has 1 aliphatic heterocycles. The van der Waals surface area contributed by atoms with Gasteiger partial charge in [-0.05, 0) is 50.9 Å². The molecule has 7 nitrogen and oxygen atoms in total. The number of rotatable bonds is 8. The lowest BCUT2D eigenvalue weighted by Gasteiger charge is -2.41. The number of likely N-dealkylation sites (tertiary alicyclic amines) is 1. The second-order valence-corrected chi connectivity index (χ2v) is 6.98. The third-order valence-electron chi connectivity index (χ3n) is 5.14. The van der Waals surface area contributed by atoms with Crippen molar-refractivity contribution in [2.75, 3.05) is 33.4 Å². The van der Waals surface area contributed by atoms with E-state index in [1.165, 1.54) is 0 Å². The minimum Gasteiger partial charge on any atom is -0.466 e. The van der Waals surface area contributed by atoms with Crippen molar-refractivity contribution in [3.8, 4) is 5.95 Å². The maximum Gasteiger partial charge on any atom is 0.313 e. The molecule has 1 atom stereocenters. The van der Waals surface area contributed by atoms with Gasteiger partial charge >= 0.3 is 5.97 Å². The number of aromatic nitrogens is 3. The van der Waals surface area contributed by atoms with Crippen LogP contribution in [0.1, 0.15) is 31.9 Å². The Morgan fingerprint density at radius 2 is 2.11 bits per heavy atom. The van der Waals surface area contributed by atoms with Crippen molar-refractivity contribution in [3.63, 3.8) is 0 Å². The molecule has 7 heteroatoms. The van der Waals surface area contributed by atoms with Gasteiger partial charge in [-0.1, -0.05) is 0 Å². The highest BCUT2D eigenvalue weighted by molar-refractivity contribution is 5.77. The summed E-state index contributed by atoms with van der Waals surface area (Å²) in [5.41, 5.74) is 0.609. The summed E-state index contributed by atoms with van der Waals surface area (Å²) in [6, 6.07) is 5.88. The number of carbonyl (C=O) groups is 1. The monoisotopic (exact) mass is 372 g/mol. The van der Waals surface area contributed by atoms with Crippen LogP contribution in [0.5, 0.6) is 0 Å². The Labute approximate surface area is 160 Å². The van der Waals surface area contributed by atoms with Gasteiger partial charge in [0.15, 0.2) is 0 Å². The standard InChI is InChI=1S/C20H28N4O3/c1-3-27-18(25)20(9-14-26-2)8-5-12-23(16-20)15-17-7-4-13-24(17)19-21-10-6-11-22-19/h4,6-7,10-11,13H,3,5,8-9,12,14-16H2,1-2H3/t20-/m1/s1. The second kappa shape index (κ2) is 9.10. The summed E-state index contributed by atoms with van der Waals surface area (Å²) >= 11 is 0. The predicted octanol–water partition coefficient (Wildman–Crippen LogP) is 2.45. The van der Waals surface area contributed by atoms with Gasteiger partial charge in [0.05, 0.1) is 12.0 Å². The first-order chi connectivity index (χ1) is 13.2. The molecule has 27 heavy (non-hydrogen) atoms. The molecule has 146 valence electrons. The molecule has 0 amide bonds. The van der Waals surface area contributed by atoms with Gasteiger partial charge in [-0.25, -0.2) is 9.97 Å². The van der Waals surface area contributed by atoms with E-state index >= 15 is 0 Å². The van der Waals surface area contributed by atoms with Crippen LogP contribution >= 0.6 is 0 Å². The van der Waals surface area contributed by atoms with Crippen molar-refractivity contribution in [1.82, 2.24) is 19.4 Å². The first kappa shape index (κ1) is 19.5.